The summed E-state index contributed by atoms with van der Waals surface area (Å²) in [6.45, 7) is 4.35. The van der Waals surface area contributed by atoms with Crippen LogP contribution in [0.15, 0.2) is 42.9 Å². The summed E-state index contributed by atoms with van der Waals surface area (Å²) in [6, 6.07) is 7.82. The number of aromatic amines is 1. The average Bonchev–Trinajstić information content (AvgIpc) is 3.18. The molecule has 0 amide bonds. The lowest BCUT2D eigenvalue weighted by Gasteiger charge is -2.26. The van der Waals surface area contributed by atoms with Crippen molar-refractivity contribution in [2.75, 3.05) is 0 Å². The lowest BCUT2D eigenvalue weighted by molar-refractivity contribution is 0.130. The smallest absolute Gasteiger partial charge is 0.213 e. The Labute approximate surface area is 186 Å². The summed E-state index contributed by atoms with van der Waals surface area (Å²) < 4.78 is 6.07. The van der Waals surface area contributed by atoms with E-state index in [4.69, 9.17) is 16.3 Å². The molecule has 0 saturated heterocycles. The van der Waals surface area contributed by atoms with Crippen LogP contribution in [0.1, 0.15) is 38.2 Å². The summed E-state index contributed by atoms with van der Waals surface area (Å²) in [6.07, 6.45) is 10.2. The zero-order chi connectivity index (χ0) is 21.4. The molecule has 1 N–H and O–H groups in total. The van der Waals surface area contributed by atoms with Crippen molar-refractivity contribution in [3.05, 3.63) is 53.4 Å². The molecule has 158 valence electrons. The van der Waals surface area contributed by atoms with Gasteiger partial charge in [-0.2, -0.15) is 0 Å². The minimum atomic E-state index is 0.280. The van der Waals surface area contributed by atoms with E-state index in [0.717, 1.165) is 52.5 Å². The molecule has 6 nitrogen and oxygen atoms in total. The molecule has 1 fully saturated rings. The highest BCUT2D eigenvalue weighted by Crippen LogP contribution is 2.29. The summed E-state index contributed by atoms with van der Waals surface area (Å²) in [5.74, 6) is 2.22. The summed E-state index contributed by atoms with van der Waals surface area (Å²) in [7, 11) is 0. The van der Waals surface area contributed by atoms with Gasteiger partial charge in [-0.15, -0.1) is 0 Å². The molecule has 31 heavy (non-hydrogen) atoms. The number of H-pyrrole nitrogens is 1. The first-order chi connectivity index (χ1) is 15.0. The normalized spacial score (nSPS) is 18.9. The van der Waals surface area contributed by atoms with Crippen LogP contribution in [0.4, 0.5) is 0 Å². The van der Waals surface area contributed by atoms with E-state index in [-0.39, 0.29) is 6.10 Å². The van der Waals surface area contributed by atoms with Crippen molar-refractivity contribution in [2.45, 2.75) is 45.6 Å². The lowest BCUT2D eigenvalue weighted by atomic mass is 9.89. The number of nitrogens with zero attached hydrogens (tertiary/aromatic N) is 4. The van der Waals surface area contributed by atoms with Crippen molar-refractivity contribution < 1.29 is 4.74 Å². The quantitative estimate of drug-likeness (QED) is 0.427. The van der Waals surface area contributed by atoms with Crippen LogP contribution in [-0.2, 0) is 0 Å². The van der Waals surface area contributed by atoms with Crippen molar-refractivity contribution in [1.82, 2.24) is 24.9 Å². The molecule has 5 rings (SSSR count). The predicted octanol–water partition coefficient (Wildman–Crippen LogP) is 6.00. The number of aryl methyl sites for hydroxylation is 1. The van der Waals surface area contributed by atoms with E-state index in [1.54, 1.807) is 6.20 Å². The van der Waals surface area contributed by atoms with Crippen LogP contribution in [0.3, 0.4) is 0 Å². The average molecular weight is 434 g/mol. The van der Waals surface area contributed by atoms with Gasteiger partial charge in [-0.3, -0.25) is 4.98 Å². The predicted molar refractivity (Wildman–Crippen MR) is 122 cm³/mol. The van der Waals surface area contributed by atoms with E-state index >= 15 is 0 Å². The number of nitrogens with one attached hydrogen (secondary N) is 1. The largest absolute Gasteiger partial charge is 0.474 e. The number of halogens is 1. The maximum absolute atomic E-state index is 6.07. The number of ether oxygens (including phenoxy) is 1. The maximum atomic E-state index is 6.07. The molecule has 0 radical (unpaired) electrons. The van der Waals surface area contributed by atoms with Crippen LogP contribution in [0.2, 0.25) is 5.02 Å². The molecule has 0 unspecified atom stereocenters. The van der Waals surface area contributed by atoms with E-state index in [1.807, 2.05) is 43.6 Å². The number of hydrogen-bond acceptors (Lipinski definition) is 5. The molecule has 0 aromatic carbocycles. The number of rotatable bonds is 4. The fourth-order valence-corrected chi connectivity index (χ4v) is 4.24. The number of pyridine rings is 3. The molecular formula is C24H24ClN5O. The Morgan fingerprint density at radius 1 is 1.00 bits per heavy atom. The Kier molecular flexibility index (Phi) is 5.32. The molecule has 4 aromatic heterocycles. The van der Waals surface area contributed by atoms with Crippen LogP contribution in [0, 0.1) is 12.8 Å². The molecule has 1 saturated carbocycles. The van der Waals surface area contributed by atoms with Gasteiger partial charge < -0.3 is 9.72 Å². The van der Waals surface area contributed by atoms with E-state index in [1.165, 1.54) is 12.8 Å². The third-order valence-electron chi connectivity index (χ3n) is 5.95. The highest BCUT2D eigenvalue weighted by molar-refractivity contribution is 6.31. The fraction of sp³-hybridized carbons (Fsp3) is 0.333. The molecule has 0 bridgehead atoms. The Bertz CT molecular complexity index is 1210. The summed E-state index contributed by atoms with van der Waals surface area (Å²) in [4.78, 5) is 21.3. The van der Waals surface area contributed by atoms with Gasteiger partial charge in [0.15, 0.2) is 5.65 Å². The molecule has 1 aliphatic rings. The Morgan fingerprint density at radius 2 is 1.84 bits per heavy atom. The van der Waals surface area contributed by atoms with Gasteiger partial charge in [-0.1, -0.05) is 18.5 Å². The summed E-state index contributed by atoms with van der Waals surface area (Å²) >= 11 is 6.03. The first kappa shape index (κ1) is 19.9. The molecular weight excluding hydrogens is 410 g/mol. The Balaban J connectivity index is 1.34. The second kappa shape index (κ2) is 8.27. The molecule has 7 heteroatoms. The number of fused-ring (bicyclic) bond motifs is 1. The van der Waals surface area contributed by atoms with E-state index in [9.17, 15) is 0 Å². The third kappa shape index (κ3) is 4.26. The van der Waals surface area contributed by atoms with E-state index in [0.29, 0.717) is 16.5 Å². The van der Waals surface area contributed by atoms with Crippen LogP contribution in [0.25, 0.3) is 33.8 Å². The number of hydrogen-bond donors (Lipinski definition) is 1. The van der Waals surface area contributed by atoms with Crippen molar-refractivity contribution in [3.63, 3.8) is 0 Å². The standard InChI is InChI=1S/C24H24ClN5O/c1-14-3-6-18(7-4-14)31-22-8-5-16(11-27-22)20-9-15(2)19(13-26-20)23-29-21-10-17(25)12-28-24(21)30-23/h5,8-14,18H,3-4,6-7H2,1-2H3,(H,28,29,30). The second-order valence-corrected chi connectivity index (χ2v) is 8.82. The van der Waals surface area contributed by atoms with Crippen molar-refractivity contribution in [3.8, 4) is 28.5 Å². The SMILES string of the molecule is Cc1cc(-c2ccc(OC3CCC(C)CC3)nc2)ncc1-c1nc2ncc(Cl)cc2[nH]1. The fourth-order valence-electron chi connectivity index (χ4n) is 4.08. The van der Waals surface area contributed by atoms with Gasteiger partial charge >= 0.3 is 0 Å². The molecule has 0 atom stereocenters. The van der Waals surface area contributed by atoms with Gasteiger partial charge in [-0.05, 0) is 62.3 Å². The van der Waals surface area contributed by atoms with Crippen LogP contribution in [-0.4, -0.2) is 31.0 Å². The molecule has 4 heterocycles. The van der Waals surface area contributed by atoms with Crippen molar-refractivity contribution in [2.24, 2.45) is 5.92 Å². The van der Waals surface area contributed by atoms with Gasteiger partial charge in [-0.25, -0.2) is 15.0 Å². The minimum absolute atomic E-state index is 0.280. The number of imidazole rings is 1. The first-order valence-electron chi connectivity index (χ1n) is 10.7. The van der Waals surface area contributed by atoms with Gasteiger partial charge in [0, 0.05) is 35.8 Å². The minimum Gasteiger partial charge on any atom is -0.474 e. The lowest BCUT2D eigenvalue weighted by Crippen LogP contribution is -2.23. The van der Waals surface area contributed by atoms with Crippen LogP contribution in [0.5, 0.6) is 5.88 Å². The molecule has 4 aromatic rings. The zero-order valence-electron chi connectivity index (χ0n) is 17.6. The summed E-state index contributed by atoms with van der Waals surface area (Å²) in [5.41, 5.74) is 5.25. The van der Waals surface area contributed by atoms with E-state index < -0.39 is 0 Å². The monoisotopic (exact) mass is 433 g/mol. The number of aromatic nitrogens is 5. The van der Waals surface area contributed by atoms with Crippen molar-refractivity contribution >= 4 is 22.8 Å². The van der Waals surface area contributed by atoms with Gasteiger partial charge in [0.1, 0.15) is 11.9 Å². The highest BCUT2D eigenvalue weighted by atomic mass is 35.5. The topological polar surface area (TPSA) is 76.6 Å². The van der Waals surface area contributed by atoms with Crippen LogP contribution >= 0.6 is 11.6 Å². The molecule has 0 spiro atoms. The Morgan fingerprint density at radius 3 is 2.58 bits per heavy atom. The van der Waals surface area contributed by atoms with Crippen molar-refractivity contribution in [1.29, 1.82) is 0 Å². The third-order valence-corrected chi connectivity index (χ3v) is 6.16. The van der Waals surface area contributed by atoms with Gasteiger partial charge in [0.05, 0.1) is 16.2 Å². The van der Waals surface area contributed by atoms with Crippen LogP contribution < -0.4 is 4.74 Å². The second-order valence-electron chi connectivity index (χ2n) is 8.38. The van der Waals surface area contributed by atoms with E-state index in [2.05, 4.69) is 31.8 Å². The maximum Gasteiger partial charge on any atom is 0.213 e. The summed E-state index contributed by atoms with van der Waals surface area (Å²) in [5, 5.41) is 0.575. The Hall–Kier alpha value is -2.99. The highest BCUT2D eigenvalue weighted by Gasteiger charge is 2.20. The van der Waals surface area contributed by atoms with Gasteiger partial charge in [0.2, 0.25) is 5.88 Å². The first-order valence-corrected chi connectivity index (χ1v) is 11.0. The zero-order valence-corrected chi connectivity index (χ0v) is 18.4. The molecule has 1 aliphatic carbocycles. The van der Waals surface area contributed by atoms with Gasteiger partial charge in [0.25, 0.3) is 0 Å². The molecule has 0 aliphatic heterocycles.